The van der Waals surface area contributed by atoms with Gasteiger partial charge in [0.05, 0.1) is 11.0 Å². The van der Waals surface area contributed by atoms with Gasteiger partial charge in [0.1, 0.15) is 6.04 Å². The predicted molar refractivity (Wildman–Crippen MR) is 119 cm³/mol. The van der Waals surface area contributed by atoms with Crippen LogP contribution in [0.2, 0.25) is 0 Å². The molecule has 2 aromatic rings. The zero-order valence-corrected chi connectivity index (χ0v) is 20.0. The number of amides is 1. The zero-order valence-electron chi connectivity index (χ0n) is 18.3. The number of rotatable bonds is 12. The third kappa shape index (κ3) is 7.57. The average Bonchev–Trinajstić information content (AvgIpc) is 2.78. The van der Waals surface area contributed by atoms with E-state index in [2.05, 4.69) is 4.28 Å². The first kappa shape index (κ1) is 26.9. The molecule has 0 saturated carbocycles. The summed E-state index contributed by atoms with van der Waals surface area (Å²) in [7, 11) is -6.25. The van der Waals surface area contributed by atoms with Crippen LogP contribution in [-0.2, 0) is 34.9 Å². The first-order valence-corrected chi connectivity index (χ1v) is 12.4. The summed E-state index contributed by atoms with van der Waals surface area (Å²) in [6, 6.07) is 13.9. The molecule has 11 nitrogen and oxygen atoms in total. The van der Waals surface area contributed by atoms with Crippen molar-refractivity contribution in [3.05, 3.63) is 54.6 Å². The minimum absolute atomic E-state index is 0.134. The van der Waals surface area contributed by atoms with Crippen molar-refractivity contribution in [2.24, 2.45) is 0 Å². The quantitative estimate of drug-likeness (QED) is 0.223. The molecule has 182 valence electrons. The Kier molecular flexibility index (Phi) is 9.91. The van der Waals surface area contributed by atoms with E-state index in [0.29, 0.717) is 4.47 Å². The molecule has 0 radical (unpaired) electrons. The molecular weight excluding hydrogens is 474 g/mol. The third-order valence-electron chi connectivity index (χ3n) is 4.40. The lowest BCUT2D eigenvalue weighted by Gasteiger charge is -2.30. The summed E-state index contributed by atoms with van der Waals surface area (Å²) in [5.41, 5.74) is 3.12. The lowest BCUT2D eigenvalue weighted by Crippen LogP contribution is -2.50. The Morgan fingerprint density at radius 1 is 1.06 bits per heavy atom. The van der Waals surface area contributed by atoms with Gasteiger partial charge in [0.2, 0.25) is 0 Å². The molecule has 1 atom stereocenters. The van der Waals surface area contributed by atoms with Crippen LogP contribution in [0.3, 0.4) is 0 Å². The number of benzene rings is 2. The van der Waals surface area contributed by atoms with Gasteiger partial charge in [-0.3, -0.25) is 14.8 Å². The number of thiol groups is 1. The lowest BCUT2D eigenvalue weighted by molar-refractivity contribution is -0.168. The lowest BCUT2D eigenvalue weighted by atomic mass is 10.1. The summed E-state index contributed by atoms with van der Waals surface area (Å²) in [6.07, 6.45) is -0.886. The van der Waals surface area contributed by atoms with Crippen LogP contribution >= 0.6 is 0 Å². The molecule has 0 aliphatic heterocycles. The topological polar surface area (TPSA) is 143 Å². The molecular formula is C20H27N3O8S2. The van der Waals surface area contributed by atoms with Gasteiger partial charge in [0.15, 0.2) is 0 Å². The van der Waals surface area contributed by atoms with Crippen LogP contribution in [0.15, 0.2) is 59.5 Å². The van der Waals surface area contributed by atoms with E-state index in [1.165, 1.54) is 24.7 Å². The van der Waals surface area contributed by atoms with Gasteiger partial charge in [-0.1, -0.05) is 46.9 Å². The van der Waals surface area contributed by atoms with Gasteiger partial charge in [0.25, 0.3) is 26.9 Å². The molecule has 0 spiro atoms. The molecule has 0 aliphatic carbocycles. The molecule has 0 aromatic heterocycles. The zero-order chi connectivity index (χ0) is 24.6. The Bertz CT molecular complexity index is 1080. The first-order valence-electron chi connectivity index (χ1n) is 9.90. The second-order valence-electron chi connectivity index (χ2n) is 7.24. The van der Waals surface area contributed by atoms with Crippen molar-refractivity contribution in [3.63, 3.8) is 0 Å². The minimum Gasteiger partial charge on any atom is -0.289 e. The fraction of sp³-hybridized carbons (Fsp3) is 0.350. The van der Waals surface area contributed by atoms with E-state index >= 15 is 0 Å². The minimum atomic E-state index is -4.36. The highest BCUT2D eigenvalue weighted by molar-refractivity contribution is 7.89. The summed E-state index contributed by atoms with van der Waals surface area (Å²) in [5.74, 6) is -1.06. The van der Waals surface area contributed by atoms with Crippen molar-refractivity contribution in [1.82, 2.24) is 15.0 Å². The highest BCUT2D eigenvalue weighted by atomic mass is 32.2. The van der Waals surface area contributed by atoms with Gasteiger partial charge >= 0.3 is 0 Å². The fourth-order valence-corrected chi connectivity index (χ4v) is 4.74. The van der Waals surface area contributed by atoms with Gasteiger partial charge < -0.3 is 0 Å². The maximum absolute atomic E-state index is 13.4. The maximum Gasteiger partial charge on any atom is 0.273 e. The summed E-state index contributed by atoms with van der Waals surface area (Å²) in [4.78, 5) is 17.7. The second kappa shape index (κ2) is 12.2. The van der Waals surface area contributed by atoms with Crippen LogP contribution in [-0.4, -0.2) is 63.2 Å². The maximum atomic E-state index is 13.4. The average molecular weight is 502 g/mol. The van der Waals surface area contributed by atoms with Crippen molar-refractivity contribution in [2.75, 3.05) is 13.6 Å². The number of carbonyl (C=O) groups excluding carboxylic acids is 1. The van der Waals surface area contributed by atoms with E-state index in [-0.39, 0.29) is 17.9 Å². The predicted octanol–water partition coefficient (Wildman–Crippen LogP) is 1.34. The van der Waals surface area contributed by atoms with Gasteiger partial charge in [-0.05, 0) is 43.5 Å². The van der Waals surface area contributed by atoms with E-state index in [0.717, 1.165) is 16.2 Å². The van der Waals surface area contributed by atoms with Crippen molar-refractivity contribution >= 4 is 26.9 Å². The monoisotopic (exact) mass is 501 g/mol. The van der Waals surface area contributed by atoms with Crippen molar-refractivity contribution < 1.29 is 36.0 Å². The van der Waals surface area contributed by atoms with Crippen molar-refractivity contribution in [1.29, 1.82) is 0 Å². The molecule has 2 N–H and O–H groups in total. The standard InChI is InChI=1S/C20H27N3O8S2/c1-15(2)30-23(19(20(24)21-25)13-14-22(3)31-32(26)27)33(28,29)18-11-9-17(10-12-18)16-7-5-4-6-8-16/h4-12,15,19,25,32H,13-14H2,1-3H3,(H,21,24). The SMILES string of the molecule is CC(C)ON(C(CCN(C)O[SH](=O)=O)C(=O)NO)S(=O)(=O)c1ccc(-c2ccccc2)cc1. The molecule has 33 heavy (non-hydrogen) atoms. The molecule has 0 bridgehead atoms. The number of hydrogen-bond donors (Lipinski definition) is 3. The van der Waals surface area contributed by atoms with Crippen LogP contribution in [0.4, 0.5) is 0 Å². The van der Waals surface area contributed by atoms with E-state index in [4.69, 9.17) is 4.84 Å². The number of hydroxylamine groups is 4. The van der Waals surface area contributed by atoms with E-state index in [1.54, 1.807) is 26.0 Å². The summed E-state index contributed by atoms with van der Waals surface area (Å²) >= 11 is 0. The number of carbonyl (C=O) groups is 1. The van der Waals surface area contributed by atoms with E-state index in [1.807, 2.05) is 30.3 Å². The van der Waals surface area contributed by atoms with Crippen molar-refractivity contribution in [3.8, 4) is 11.1 Å². The Morgan fingerprint density at radius 3 is 2.15 bits per heavy atom. The van der Waals surface area contributed by atoms with Crippen molar-refractivity contribution in [2.45, 2.75) is 37.3 Å². The highest BCUT2D eigenvalue weighted by Gasteiger charge is 2.38. The number of nitrogens with one attached hydrogen (secondary N) is 1. The van der Waals surface area contributed by atoms with Gasteiger partial charge in [-0.2, -0.15) is 9.35 Å². The highest BCUT2D eigenvalue weighted by Crippen LogP contribution is 2.25. The molecule has 2 rings (SSSR count). The van der Waals surface area contributed by atoms with Crippen LogP contribution in [0.25, 0.3) is 11.1 Å². The van der Waals surface area contributed by atoms with E-state index < -0.39 is 39.1 Å². The summed E-state index contributed by atoms with van der Waals surface area (Å²) < 4.78 is 53.2. The molecule has 1 unspecified atom stereocenters. The number of nitrogens with zero attached hydrogens (tertiary/aromatic N) is 2. The molecule has 2 aromatic carbocycles. The van der Waals surface area contributed by atoms with Gasteiger partial charge in [0, 0.05) is 13.6 Å². The van der Waals surface area contributed by atoms with Crippen LogP contribution < -0.4 is 5.48 Å². The van der Waals surface area contributed by atoms with Crippen LogP contribution in [0, 0.1) is 0 Å². The largest absolute Gasteiger partial charge is 0.289 e. The Labute approximate surface area is 194 Å². The molecule has 0 aliphatic rings. The molecule has 13 heteroatoms. The second-order valence-corrected chi connectivity index (χ2v) is 9.63. The fourth-order valence-electron chi connectivity index (χ4n) is 2.92. The first-order chi connectivity index (χ1) is 15.6. The molecule has 0 heterocycles. The molecule has 0 fully saturated rings. The number of sulfonamides is 1. The Morgan fingerprint density at radius 2 is 1.64 bits per heavy atom. The molecule has 0 saturated heterocycles. The van der Waals surface area contributed by atoms with Gasteiger partial charge in [-0.25, -0.2) is 22.3 Å². The van der Waals surface area contributed by atoms with Crippen LogP contribution in [0.1, 0.15) is 20.3 Å². The summed E-state index contributed by atoms with van der Waals surface area (Å²) in [5, 5.41) is 10.1. The third-order valence-corrected chi connectivity index (χ3v) is 6.50. The van der Waals surface area contributed by atoms with Crippen LogP contribution in [0.5, 0.6) is 0 Å². The molecule has 1 amide bonds. The smallest absolute Gasteiger partial charge is 0.273 e. The van der Waals surface area contributed by atoms with E-state index in [9.17, 15) is 26.8 Å². The number of hydrogen-bond acceptors (Lipinski definition) is 9. The normalized spacial score (nSPS) is 13.1. The summed E-state index contributed by atoms with van der Waals surface area (Å²) in [6.45, 7) is 2.99. The Balaban J connectivity index is 2.38. The Hall–Kier alpha value is -2.39. The van der Waals surface area contributed by atoms with Gasteiger partial charge in [-0.15, -0.1) is 0 Å².